The van der Waals surface area contributed by atoms with Crippen LogP contribution in [0.2, 0.25) is 0 Å². The predicted octanol–water partition coefficient (Wildman–Crippen LogP) is 4.06. The summed E-state index contributed by atoms with van der Waals surface area (Å²) in [6, 6.07) is 10.9. The minimum absolute atomic E-state index is 0.0760. The van der Waals surface area contributed by atoms with E-state index in [9.17, 15) is 9.59 Å². The molecule has 1 fully saturated rings. The lowest BCUT2D eigenvalue weighted by atomic mass is 9.71. The van der Waals surface area contributed by atoms with E-state index in [0.717, 1.165) is 11.8 Å². The fourth-order valence-corrected chi connectivity index (χ4v) is 2.69. The van der Waals surface area contributed by atoms with Crippen LogP contribution in [0.5, 0.6) is 0 Å². The summed E-state index contributed by atoms with van der Waals surface area (Å²) >= 11 is 0. The van der Waals surface area contributed by atoms with Crippen LogP contribution in [0.25, 0.3) is 0 Å². The molecule has 0 saturated heterocycles. The van der Waals surface area contributed by atoms with Gasteiger partial charge in [0, 0.05) is 12.8 Å². The molecule has 0 amide bonds. The highest BCUT2D eigenvalue weighted by Gasteiger charge is 2.27. The molecule has 1 saturated carbocycles. The van der Waals surface area contributed by atoms with Gasteiger partial charge in [0.25, 0.3) is 0 Å². The summed E-state index contributed by atoms with van der Waals surface area (Å²) < 4.78 is 0. The average molecular weight is 270 g/mol. The van der Waals surface area contributed by atoms with Crippen molar-refractivity contribution >= 4 is 11.6 Å². The topological polar surface area (TPSA) is 34.1 Å². The van der Waals surface area contributed by atoms with Crippen molar-refractivity contribution in [3.05, 3.63) is 47.5 Å². The van der Waals surface area contributed by atoms with Crippen molar-refractivity contribution < 1.29 is 9.59 Å². The number of Topliss-reactive ketones (excluding diaryl/α,β-unsaturated/α-hetero) is 1. The van der Waals surface area contributed by atoms with Crippen molar-refractivity contribution in [1.82, 2.24) is 0 Å². The lowest BCUT2D eigenvalue weighted by Crippen LogP contribution is -2.20. The second kappa shape index (κ2) is 6.65. The van der Waals surface area contributed by atoms with E-state index in [-0.39, 0.29) is 11.6 Å². The molecule has 2 atom stereocenters. The van der Waals surface area contributed by atoms with E-state index in [4.69, 9.17) is 0 Å². The zero-order valence-electron chi connectivity index (χ0n) is 12.3. The SMILES string of the molecule is CC1=CC(=O)CCC1=O.C[C@H]1CC[C@@H]1c1ccccc1. The summed E-state index contributed by atoms with van der Waals surface area (Å²) in [7, 11) is 0. The van der Waals surface area contributed by atoms with Gasteiger partial charge in [0.15, 0.2) is 11.6 Å². The molecule has 0 heterocycles. The smallest absolute Gasteiger partial charge is 0.159 e. The molecule has 0 radical (unpaired) electrons. The van der Waals surface area contributed by atoms with E-state index >= 15 is 0 Å². The number of benzene rings is 1. The van der Waals surface area contributed by atoms with E-state index in [0.29, 0.717) is 18.4 Å². The van der Waals surface area contributed by atoms with Gasteiger partial charge in [0.1, 0.15) is 0 Å². The molecule has 0 spiro atoms. The Kier molecular flexibility index (Phi) is 4.89. The number of carbonyl (C=O) groups excluding carboxylic acids is 2. The van der Waals surface area contributed by atoms with Crippen LogP contribution in [0.15, 0.2) is 42.0 Å². The molecule has 0 unspecified atom stereocenters. The first-order valence-electron chi connectivity index (χ1n) is 7.37. The predicted molar refractivity (Wildman–Crippen MR) is 80.6 cm³/mol. The third-order valence-electron chi connectivity index (χ3n) is 4.26. The van der Waals surface area contributed by atoms with Crippen LogP contribution in [0, 0.1) is 5.92 Å². The minimum Gasteiger partial charge on any atom is -0.295 e. The molecule has 0 bridgehead atoms. The zero-order valence-corrected chi connectivity index (χ0v) is 12.3. The Morgan fingerprint density at radius 1 is 1.00 bits per heavy atom. The Morgan fingerprint density at radius 3 is 2.15 bits per heavy atom. The molecule has 20 heavy (non-hydrogen) atoms. The quantitative estimate of drug-likeness (QED) is 0.771. The van der Waals surface area contributed by atoms with Gasteiger partial charge in [-0.2, -0.15) is 0 Å². The van der Waals surface area contributed by atoms with Gasteiger partial charge in [-0.15, -0.1) is 0 Å². The average Bonchev–Trinajstić information content (AvgIpc) is 2.43. The normalized spacial score (nSPS) is 25.2. The van der Waals surface area contributed by atoms with Crippen LogP contribution in [-0.2, 0) is 9.59 Å². The maximum atomic E-state index is 10.7. The molecule has 2 aliphatic carbocycles. The lowest BCUT2D eigenvalue weighted by Gasteiger charge is -2.34. The first kappa shape index (κ1) is 14.7. The minimum atomic E-state index is 0.0760. The highest BCUT2D eigenvalue weighted by Crippen LogP contribution is 2.41. The van der Waals surface area contributed by atoms with Gasteiger partial charge < -0.3 is 0 Å². The third-order valence-corrected chi connectivity index (χ3v) is 4.26. The maximum Gasteiger partial charge on any atom is 0.159 e. The molecule has 1 aromatic carbocycles. The number of allylic oxidation sites excluding steroid dienone is 2. The van der Waals surface area contributed by atoms with Gasteiger partial charge in [0.2, 0.25) is 0 Å². The number of carbonyl (C=O) groups is 2. The van der Waals surface area contributed by atoms with Crippen molar-refractivity contribution in [2.45, 2.75) is 45.4 Å². The Morgan fingerprint density at radius 2 is 1.70 bits per heavy atom. The summed E-state index contributed by atoms with van der Waals surface area (Å²) in [5.41, 5.74) is 2.14. The van der Waals surface area contributed by atoms with Crippen molar-refractivity contribution in [2.75, 3.05) is 0 Å². The summed E-state index contributed by atoms with van der Waals surface area (Å²) in [6.07, 6.45) is 5.04. The lowest BCUT2D eigenvalue weighted by molar-refractivity contribution is -0.121. The van der Waals surface area contributed by atoms with Crippen molar-refractivity contribution in [3.63, 3.8) is 0 Å². The summed E-state index contributed by atoms with van der Waals surface area (Å²) in [6.45, 7) is 4.03. The van der Waals surface area contributed by atoms with Gasteiger partial charge in [-0.1, -0.05) is 37.3 Å². The van der Waals surface area contributed by atoms with Crippen LogP contribution in [0.3, 0.4) is 0 Å². The van der Waals surface area contributed by atoms with E-state index in [1.54, 1.807) is 6.92 Å². The van der Waals surface area contributed by atoms with Crippen molar-refractivity contribution in [2.24, 2.45) is 5.92 Å². The van der Waals surface area contributed by atoms with E-state index in [1.807, 2.05) is 0 Å². The van der Waals surface area contributed by atoms with E-state index < -0.39 is 0 Å². The Balaban J connectivity index is 0.000000151. The summed E-state index contributed by atoms with van der Waals surface area (Å²) in [5, 5.41) is 0. The zero-order chi connectivity index (χ0) is 14.5. The van der Waals surface area contributed by atoms with Gasteiger partial charge in [-0.3, -0.25) is 9.59 Å². The van der Waals surface area contributed by atoms with Crippen LogP contribution in [0.1, 0.15) is 51.0 Å². The molecule has 106 valence electrons. The molecule has 3 rings (SSSR count). The highest BCUT2D eigenvalue weighted by molar-refractivity contribution is 6.07. The number of hydrogen-bond donors (Lipinski definition) is 0. The summed E-state index contributed by atoms with van der Waals surface area (Å²) in [4.78, 5) is 21.3. The molecule has 2 heteroatoms. The van der Waals surface area contributed by atoms with Crippen LogP contribution >= 0.6 is 0 Å². The Bertz CT molecular complexity index is 513. The largest absolute Gasteiger partial charge is 0.295 e. The van der Waals surface area contributed by atoms with Gasteiger partial charge >= 0.3 is 0 Å². The number of ketones is 2. The fourth-order valence-electron chi connectivity index (χ4n) is 2.69. The molecular formula is C18H22O2. The fraction of sp³-hybridized carbons (Fsp3) is 0.444. The third kappa shape index (κ3) is 3.66. The maximum absolute atomic E-state index is 10.7. The van der Waals surface area contributed by atoms with Crippen LogP contribution in [0.4, 0.5) is 0 Å². The standard InChI is InChI=1S/C11H14.C7H8O2/c1-9-7-8-11(9)10-5-3-2-4-6-10;1-5-4-6(8)2-3-7(5)9/h2-6,9,11H,7-8H2,1H3;4H,2-3H2,1H3/t9-,11-;/m0./s1. The Hall–Kier alpha value is -1.70. The molecule has 0 aromatic heterocycles. The number of hydrogen-bond acceptors (Lipinski definition) is 2. The summed E-state index contributed by atoms with van der Waals surface area (Å²) in [5.74, 6) is 1.95. The second-order valence-electron chi connectivity index (χ2n) is 5.79. The molecule has 2 aliphatic rings. The number of rotatable bonds is 1. The van der Waals surface area contributed by atoms with E-state index in [1.165, 1.54) is 24.5 Å². The van der Waals surface area contributed by atoms with Gasteiger partial charge in [-0.05, 0) is 48.8 Å². The van der Waals surface area contributed by atoms with E-state index in [2.05, 4.69) is 37.3 Å². The molecule has 1 aromatic rings. The van der Waals surface area contributed by atoms with Crippen molar-refractivity contribution in [1.29, 1.82) is 0 Å². The van der Waals surface area contributed by atoms with Gasteiger partial charge in [-0.25, -0.2) is 0 Å². The molecule has 0 N–H and O–H groups in total. The monoisotopic (exact) mass is 270 g/mol. The van der Waals surface area contributed by atoms with Crippen molar-refractivity contribution in [3.8, 4) is 0 Å². The first-order chi connectivity index (χ1) is 9.58. The molecule has 0 aliphatic heterocycles. The highest BCUT2D eigenvalue weighted by atomic mass is 16.1. The van der Waals surface area contributed by atoms with Crippen LogP contribution < -0.4 is 0 Å². The van der Waals surface area contributed by atoms with Gasteiger partial charge in [0.05, 0.1) is 0 Å². The van der Waals surface area contributed by atoms with Crippen LogP contribution in [-0.4, -0.2) is 11.6 Å². The molecule has 2 nitrogen and oxygen atoms in total. The Labute approximate surface area is 120 Å². The first-order valence-corrected chi connectivity index (χ1v) is 7.37. The second-order valence-corrected chi connectivity index (χ2v) is 5.79. The molecular weight excluding hydrogens is 248 g/mol.